The van der Waals surface area contributed by atoms with Crippen molar-refractivity contribution in [3.8, 4) is 0 Å². The summed E-state index contributed by atoms with van der Waals surface area (Å²) in [6.07, 6.45) is 3.40. The van der Waals surface area contributed by atoms with Gasteiger partial charge in [0.25, 0.3) is 0 Å². The molecular weight excluding hydrogens is 452 g/mol. The van der Waals surface area contributed by atoms with E-state index in [0.29, 0.717) is 51.3 Å². The topological polar surface area (TPSA) is 110 Å². The number of carbonyl (C=O) groups excluding carboxylic acids is 5. The van der Waals surface area contributed by atoms with Gasteiger partial charge in [0.1, 0.15) is 18.0 Å². The molecule has 1 unspecified atom stereocenters. The van der Waals surface area contributed by atoms with Crippen LogP contribution in [0.5, 0.6) is 0 Å². The Hall–Kier alpha value is -3.07. The molecule has 35 heavy (non-hydrogen) atoms. The van der Waals surface area contributed by atoms with Gasteiger partial charge in [0.2, 0.25) is 11.8 Å². The molecule has 1 aliphatic rings. The minimum atomic E-state index is -0.484. The molecule has 1 fully saturated rings. The summed E-state index contributed by atoms with van der Waals surface area (Å²) in [7, 11) is 3.21. The lowest BCUT2D eigenvalue weighted by molar-refractivity contribution is -0.141. The minimum absolute atomic E-state index is 0.0451. The highest BCUT2D eigenvalue weighted by Gasteiger charge is 2.28. The minimum Gasteiger partial charge on any atom is -0.466 e. The molecule has 0 heterocycles. The van der Waals surface area contributed by atoms with E-state index >= 15 is 0 Å². The van der Waals surface area contributed by atoms with Gasteiger partial charge in [-0.15, -0.1) is 0 Å². The fourth-order valence-corrected chi connectivity index (χ4v) is 3.82. The lowest BCUT2D eigenvalue weighted by atomic mass is 9.83. The number of hydrogen-bond acceptors (Lipinski definition) is 7. The Morgan fingerprint density at radius 1 is 0.971 bits per heavy atom. The average Bonchev–Trinajstić information content (AvgIpc) is 2.83. The van der Waals surface area contributed by atoms with E-state index in [0.717, 1.165) is 18.4 Å². The second-order valence-corrected chi connectivity index (χ2v) is 8.83. The number of ketones is 2. The lowest BCUT2D eigenvalue weighted by Gasteiger charge is -2.21. The van der Waals surface area contributed by atoms with Crippen molar-refractivity contribution in [2.75, 3.05) is 45.4 Å². The Bertz CT molecular complexity index is 897. The molecule has 9 nitrogen and oxygen atoms in total. The Morgan fingerprint density at radius 3 is 2.34 bits per heavy atom. The van der Waals surface area contributed by atoms with Crippen LogP contribution in [-0.4, -0.2) is 74.7 Å². The molecule has 2 rings (SSSR count). The molecule has 2 amide bonds. The first kappa shape index (κ1) is 28.2. The van der Waals surface area contributed by atoms with Gasteiger partial charge in [-0.25, -0.2) is 0 Å². The summed E-state index contributed by atoms with van der Waals surface area (Å²) in [5.74, 6) is -1.48. The monoisotopic (exact) mass is 488 g/mol. The number of Topliss-reactive ketones (excluding diaryl/α,β-unsaturated/α-hetero) is 2. The second kappa shape index (κ2) is 14.4. The van der Waals surface area contributed by atoms with Gasteiger partial charge in [-0.1, -0.05) is 18.6 Å². The first-order chi connectivity index (χ1) is 16.7. The summed E-state index contributed by atoms with van der Waals surface area (Å²) in [5, 5.41) is 0. The predicted molar refractivity (Wildman–Crippen MR) is 130 cm³/mol. The van der Waals surface area contributed by atoms with E-state index in [1.165, 1.54) is 16.7 Å². The first-order valence-corrected chi connectivity index (χ1v) is 12.0. The van der Waals surface area contributed by atoms with Gasteiger partial charge in [0.15, 0.2) is 0 Å². The zero-order valence-electron chi connectivity index (χ0n) is 20.9. The molecule has 192 valence electrons. The Balaban J connectivity index is 1.74. The SMILES string of the molecule is CC(=O)OCCCOCCN(C)C(=O)CC(=O)N(C)c1ccc(CC(=O)C2CCCCC2=O)cc1. The van der Waals surface area contributed by atoms with Crippen molar-refractivity contribution in [3.63, 3.8) is 0 Å². The number of amides is 2. The van der Waals surface area contributed by atoms with Crippen LogP contribution in [0.1, 0.15) is 51.0 Å². The van der Waals surface area contributed by atoms with E-state index < -0.39 is 5.92 Å². The van der Waals surface area contributed by atoms with Crippen molar-refractivity contribution in [1.82, 2.24) is 4.90 Å². The molecule has 1 aliphatic carbocycles. The number of hydrogen-bond donors (Lipinski definition) is 0. The molecule has 1 atom stereocenters. The third-order valence-corrected chi connectivity index (χ3v) is 6.06. The fourth-order valence-electron chi connectivity index (χ4n) is 3.82. The predicted octanol–water partition coefficient (Wildman–Crippen LogP) is 2.34. The number of likely N-dealkylation sites (N-methyl/N-ethyl adjacent to an activating group) is 1. The normalized spacial score (nSPS) is 15.4. The first-order valence-electron chi connectivity index (χ1n) is 12.0. The smallest absolute Gasteiger partial charge is 0.302 e. The average molecular weight is 489 g/mol. The molecule has 9 heteroatoms. The lowest BCUT2D eigenvalue weighted by Crippen LogP contribution is -2.36. The molecule has 1 saturated carbocycles. The molecular formula is C26H36N2O7. The standard InChI is InChI=1S/C26H36N2O7/c1-19(29)35-15-6-14-34-16-13-27(2)25(32)18-26(33)28(3)21-11-9-20(10-12-21)17-24(31)22-7-4-5-8-23(22)30/h9-12,22H,4-8,13-18H2,1-3H3. The van der Waals surface area contributed by atoms with E-state index in [1.54, 1.807) is 38.4 Å². The molecule has 1 aromatic carbocycles. The Labute approximate surface area is 206 Å². The number of rotatable bonds is 13. The van der Waals surface area contributed by atoms with Crippen LogP contribution in [0, 0.1) is 5.92 Å². The van der Waals surface area contributed by atoms with Gasteiger partial charge in [0, 0.05) is 59.1 Å². The number of ether oxygens (including phenoxy) is 2. The maximum atomic E-state index is 12.6. The maximum absolute atomic E-state index is 12.6. The van der Waals surface area contributed by atoms with Gasteiger partial charge in [-0.3, -0.25) is 24.0 Å². The number of carbonyl (C=O) groups is 5. The number of nitrogens with zero attached hydrogens (tertiary/aromatic N) is 2. The van der Waals surface area contributed by atoms with Crippen LogP contribution in [0.3, 0.4) is 0 Å². The largest absolute Gasteiger partial charge is 0.466 e. The molecule has 1 aromatic rings. The van der Waals surface area contributed by atoms with E-state index in [4.69, 9.17) is 9.47 Å². The van der Waals surface area contributed by atoms with Crippen LogP contribution in [0.15, 0.2) is 24.3 Å². The molecule has 0 bridgehead atoms. The summed E-state index contributed by atoms with van der Waals surface area (Å²) in [4.78, 5) is 63.0. The molecule has 0 aliphatic heterocycles. The third kappa shape index (κ3) is 9.60. The van der Waals surface area contributed by atoms with Crippen LogP contribution in [0.25, 0.3) is 0 Å². The van der Waals surface area contributed by atoms with Gasteiger partial charge < -0.3 is 19.3 Å². The van der Waals surface area contributed by atoms with Crippen LogP contribution < -0.4 is 4.90 Å². The highest BCUT2D eigenvalue weighted by molar-refractivity contribution is 6.05. The van der Waals surface area contributed by atoms with Crippen molar-refractivity contribution in [3.05, 3.63) is 29.8 Å². The van der Waals surface area contributed by atoms with Crippen LogP contribution in [0.4, 0.5) is 5.69 Å². The highest BCUT2D eigenvalue weighted by Crippen LogP contribution is 2.23. The molecule has 0 spiro atoms. The number of esters is 1. The fraction of sp³-hybridized carbons (Fsp3) is 0.577. The van der Waals surface area contributed by atoms with Crippen LogP contribution in [0.2, 0.25) is 0 Å². The summed E-state index contributed by atoms with van der Waals surface area (Å²) < 4.78 is 10.2. The zero-order chi connectivity index (χ0) is 25.8. The quantitative estimate of drug-likeness (QED) is 0.238. The van der Waals surface area contributed by atoms with Crippen molar-refractivity contribution in [2.24, 2.45) is 5.92 Å². The van der Waals surface area contributed by atoms with E-state index in [-0.39, 0.29) is 42.2 Å². The highest BCUT2D eigenvalue weighted by atomic mass is 16.5. The van der Waals surface area contributed by atoms with Crippen molar-refractivity contribution in [1.29, 1.82) is 0 Å². The van der Waals surface area contributed by atoms with Crippen molar-refractivity contribution < 1.29 is 33.4 Å². The Morgan fingerprint density at radius 2 is 1.69 bits per heavy atom. The van der Waals surface area contributed by atoms with Gasteiger partial charge in [0.05, 0.1) is 19.1 Å². The number of benzene rings is 1. The zero-order valence-corrected chi connectivity index (χ0v) is 20.9. The summed E-state index contributed by atoms with van der Waals surface area (Å²) in [6.45, 7) is 2.72. The van der Waals surface area contributed by atoms with E-state index in [1.807, 2.05) is 0 Å². The van der Waals surface area contributed by atoms with E-state index in [9.17, 15) is 24.0 Å². The molecule has 0 N–H and O–H groups in total. The second-order valence-electron chi connectivity index (χ2n) is 8.83. The van der Waals surface area contributed by atoms with Crippen LogP contribution in [-0.2, 0) is 39.9 Å². The summed E-state index contributed by atoms with van der Waals surface area (Å²) in [6, 6.07) is 7.02. The molecule has 0 saturated heterocycles. The van der Waals surface area contributed by atoms with Crippen molar-refractivity contribution >= 4 is 35.0 Å². The van der Waals surface area contributed by atoms with Crippen LogP contribution >= 0.6 is 0 Å². The van der Waals surface area contributed by atoms with Gasteiger partial charge >= 0.3 is 5.97 Å². The van der Waals surface area contributed by atoms with Gasteiger partial charge in [-0.2, -0.15) is 0 Å². The number of anilines is 1. The molecule has 0 aromatic heterocycles. The summed E-state index contributed by atoms with van der Waals surface area (Å²) in [5.41, 5.74) is 1.41. The van der Waals surface area contributed by atoms with E-state index in [2.05, 4.69) is 0 Å². The van der Waals surface area contributed by atoms with Crippen molar-refractivity contribution in [2.45, 2.75) is 51.9 Å². The Kier molecular flexibility index (Phi) is 11.6. The third-order valence-electron chi connectivity index (χ3n) is 6.06. The molecule has 0 radical (unpaired) electrons. The summed E-state index contributed by atoms with van der Waals surface area (Å²) >= 11 is 0. The van der Waals surface area contributed by atoms with Gasteiger partial charge in [-0.05, 0) is 30.5 Å². The maximum Gasteiger partial charge on any atom is 0.302 e.